The first-order valence-corrected chi connectivity index (χ1v) is 8.52. The molecule has 0 spiro atoms. The lowest BCUT2D eigenvalue weighted by atomic mass is 10.2. The maximum absolute atomic E-state index is 12.1. The van der Waals surface area contributed by atoms with Crippen molar-refractivity contribution in [2.45, 2.75) is 18.7 Å². The van der Waals surface area contributed by atoms with Crippen molar-refractivity contribution in [2.75, 3.05) is 0 Å². The summed E-state index contributed by atoms with van der Waals surface area (Å²) in [6.07, 6.45) is 0. The van der Waals surface area contributed by atoms with E-state index in [2.05, 4.69) is 10.9 Å². The van der Waals surface area contributed by atoms with Crippen LogP contribution in [0.5, 0.6) is 0 Å². The van der Waals surface area contributed by atoms with Gasteiger partial charge >= 0.3 is 0 Å². The van der Waals surface area contributed by atoms with Gasteiger partial charge in [0.2, 0.25) is 10.0 Å². The summed E-state index contributed by atoms with van der Waals surface area (Å²) in [5, 5.41) is 5.01. The third-order valence-electron chi connectivity index (χ3n) is 3.09. The molecule has 0 saturated heterocycles. The van der Waals surface area contributed by atoms with Crippen molar-refractivity contribution in [3.05, 3.63) is 51.9 Å². The number of hydrazine groups is 1. The molecule has 0 radical (unpaired) electrons. The van der Waals surface area contributed by atoms with Gasteiger partial charge in [-0.3, -0.25) is 20.4 Å². The molecule has 24 heavy (non-hydrogen) atoms. The smallest absolute Gasteiger partial charge is 0.273 e. The van der Waals surface area contributed by atoms with E-state index in [0.717, 1.165) is 6.07 Å². The average molecular weight is 372 g/mol. The van der Waals surface area contributed by atoms with E-state index < -0.39 is 21.8 Å². The number of nitrogens with two attached hydrogens (primary N) is 1. The average Bonchev–Trinajstić information content (AvgIpc) is 2.82. The van der Waals surface area contributed by atoms with Gasteiger partial charge in [-0.2, -0.15) is 0 Å². The van der Waals surface area contributed by atoms with Crippen molar-refractivity contribution in [3.8, 4) is 0 Å². The number of carbonyl (C=O) groups excluding carboxylic acids is 2. The summed E-state index contributed by atoms with van der Waals surface area (Å²) in [6.45, 7) is 3.29. The monoisotopic (exact) mass is 371 g/mol. The van der Waals surface area contributed by atoms with Gasteiger partial charge in [0, 0.05) is 0 Å². The molecular formula is C14H14ClN3O5S. The summed E-state index contributed by atoms with van der Waals surface area (Å²) in [5.41, 5.74) is 4.46. The van der Waals surface area contributed by atoms with Crippen LogP contribution in [0.3, 0.4) is 0 Å². The summed E-state index contributed by atoms with van der Waals surface area (Å²) in [5.74, 6) is -0.436. The molecule has 2 rings (SSSR count). The minimum Gasteiger partial charge on any atom is -0.466 e. The minimum atomic E-state index is -3.99. The van der Waals surface area contributed by atoms with Crippen molar-refractivity contribution >= 4 is 33.4 Å². The second kappa shape index (κ2) is 6.63. The largest absolute Gasteiger partial charge is 0.466 e. The molecule has 0 aliphatic carbocycles. The normalized spacial score (nSPS) is 11.2. The zero-order chi connectivity index (χ0) is 18.1. The van der Waals surface area contributed by atoms with Crippen molar-refractivity contribution in [1.29, 1.82) is 0 Å². The maximum atomic E-state index is 12.1. The summed E-state index contributed by atoms with van der Waals surface area (Å²) in [7, 11) is -3.99. The van der Waals surface area contributed by atoms with Crippen LogP contribution in [0.25, 0.3) is 0 Å². The number of rotatable bonds is 3. The lowest BCUT2D eigenvalue weighted by Gasteiger charge is -2.09. The number of amides is 2. The SMILES string of the molecule is Cc1cc(C(=O)NNC(=O)c2cc(S(N)(=O)=O)ccc2Cl)c(C)o1. The summed E-state index contributed by atoms with van der Waals surface area (Å²) >= 11 is 5.88. The molecule has 4 N–H and O–H groups in total. The van der Waals surface area contributed by atoms with Crippen LogP contribution in [0.1, 0.15) is 32.2 Å². The van der Waals surface area contributed by atoms with E-state index in [1.165, 1.54) is 18.2 Å². The molecule has 8 nitrogen and oxygen atoms in total. The molecular weight excluding hydrogens is 358 g/mol. The number of benzene rings is 1. The second-order valence-corrected chi connectivity index (χ2v) is 6.89. The van der Waals surface area contributed by atoms with Crippen molar-refractivity contribution in [3.63, 3.8) is 0 Å². The fourth-order valence-electron chi connectivity index (χ4n) is 1.96. The molecule has 2 aromatic rings. The predicted molar refractivity (Wildman–Crippen MR) is 85.9 cm³/mol. The van der Waals surface area contributed by atoms with Gasteiger partial charge in [0.05, 0.1) is 21.0 Å². The topological polar surface area (TPSA) is 132 Å². The van der Waals surface area contributed by atoms with Gasteiger partial charge in [-0.1, -0.05) is 11.6 Å². The van der Waals surface area contributed by atoms with E-state index in [-0.39, 0.29) is 21.0 Å². The van der Waals surface area contributed by atoms with Gasteiger partial charge in [0.25, 0.3) is 11.8 Å². The standard InChI is InChI=1S/C14H14ClN3O5S/c1-7-5-10(8(2)23-7)13(19)17-18-14(20)11-6-9(24(16,21)22)3-4-12(11)15/h3-6H,1-2H3,(H,17,19)(H,18,20)(H2,16,21,22). The Balaban J connectivity index is 2.16. The molecule has 0 aliphatic heterocycles. The number of hydrogen-bond donors (Lipinski definition) is 3. The Morgan fingerprint density at radius 2 is 1.67 bits per heavy atom. The molecule has 0 unspecified atom stereocenters. The predicted octanol–water partition coefficient (Wildman–Crippen LogP) is 1.27. The number of primary sulfonamides is 1. The van der Waals surface area contributed by atoms with Crippen molar-refractivity contribution < 1.29 is 22.4 Å². The van der Waals surface area contributed by atoms with Gasteiger partial charge in [-0.15, -0.1) is 0 Å². The van der Waals surface area contributed by atoms with Crippen LogP contribution in [-0.2, 0) is 10.0 Å². The minimum absolute atomic E-state index is 0.00415. The number of sulfonamides is 1. The van der Waals surface area contributed by atoms with Gasteiger partial charge in [0.15, 0.2) is 0 Å². The highest BCUT2D eigenvalue weighted by atomic mass is 35.5. The van der Waals surface area contributed by atoms with Gasteiger partial charge < -0.3 is 4.42 Å². The maximum Gasteiger partial charge on any atom is 0.273 e. The Labute approximate surface area is 143 Å². The van der Waals surface area contributed by atoms with Gasteiger partial charge in [-0.25, -0.2) is 13.6 Å². The highest BCUT2D eigenvalue weighted by molar-refractivity contribution is 7.89. The number of halogens is 1. The lowest BCUT2D eigenvalue weighted by Crippen LogP contribution is -2.41. The van der Waals surface area contributed by atoms with Crippen LogP contribution in [-0.4, -0.2) is 20.2 Å². The van der Waals surface area contributed by atoms with E-state index >= 15 is 0 Å². The van der Waals surface area contributed by atoms with E-state index in [0.29, 0.717) is 11.5 Å². The van der Waals surface area contributed by atoms with Crippen LogP contribution in [0.4, 0.5) is 0 Å². The van der Waals surface area contributed by atoms with Crippen LogP contribution in [0.2, 0.25) is 5.02 Å². The number of aryl methyl sites for hydroxylation is 2. The Hall–Kier alpha value is -2.36. The third-order valence-corrected chi connectivity index (χ3v) is 4.33. The molecule has 128 valence electrons. The number of nitrogens with one attached hydrogen (secondary N) is 2. The van der Waals surface area contributed by atoms with E-state index in [4.69, 9.17) is 21.2 Å². The molecule has 1 aromatic carbocycles. The number of furan rings is 1. The van der Waals surface area contributed by atoms with E-state index in [1.807, 2.05) is 0 Å². The molecule has 0 saturated carbocycles. The summed E-state index contributed by atoms with van der Waals surface area (Å²) in [4.78, 5) is 23.8. The van der Waals surface area contributed by atoms with E-state index in [9.17, 15) is 18.0 Å². The van der Waals surface area contributed by atoms with E-state index in [1.54, 1.807) is 13.8 Å². The van der Waals surface area contributed by atoms with Gasteiger partial charge in [0.1, 0.15) is 11.5 Å². The van der Waals surface area contributed by atoms with Gasteiger partial charge in [-0.05, 0) is 38.1 Å². The quantitative estimate of drug-likeness (QED) is 0.699. The number of carbonyl (C=O) groups is 2. The third kappa shape index (κ3) is 3.94. The zero-order valence-corrected chi connectivity index (χ0v) is 14.3. The molecule has 1 aromatic heterocycles. The Morgan fingerprint density at radius 1 is 1.08 bits per heavy atom. The fourth-order valence-corrected chi connectivity index (χ4v) is 2.70. The molecule has 2 amide bonds. The molecule has 0 fully saturated rings. The molecule has 10 heteroatoms. The zero-order valence-electron chi connectivity index (χ0n) is 12.7. The summed E-state index contributed by atoms with van der Waals surface area (Å²) < 4.78 is 27.9. The van der Waals surface area contributed by atoms with Crippen molar-refractivity contribution in [1.82, 2.24) is 10.9 Å². The Morgan fingerprint density at radius 3 is 2.17 bits per heavy atom. The molecule has 1 heterocycles. The molecule has 0 atom stereocenters. The first-order valence-electron chi connectivity index (χ1n) is 6.59. The van der Waals surface area contributed by atoms with Crippen molar-refractivity contribution in [2.24, 2.45) is 5.14 Å². The second-order valence-electron chi connectivity index (χ2n) is 4.92. The Bertz CT molecular complexity index is 920. The lowest BCUT2D eigenvalue weighted by molar-refractivity contribution is 0.0845. The highest BCUT2D eigenvalue weighted by Gasteiger charge is 2.18. The van der Waals surface area contributed by atoms with Crippen LogP contribution < -0.4 is 16.0 Å². The summed E-state index contributed by atoms with van der Waals surface area (Å²) in [6, 6.07) is 4.93. The van der Waals surface area contributed by atoms with Crippen LogP contribution in [0, 0.1) is 13.8 Å². The molecule has 0 aliphatic rings. The fraction of sp³-hybridized carbons (Fsp3) is 0.143. The highest BCUT2D eigenvalue weighted by Crippen LogP contribution is 2.19. The Kier molecular flexibility index (Phi) is 4.97. The molecule has 0 bridgehead atoms. The van der Waals surface area contributed by atoms with Crippen LogP contribution >= 0.6 is 11.6 Å². The first-order chi connectivity index (χ1) is 11.1. The first kappa shape index (κ1) is 18.0. The number of hydrogen-bond acceptors (Lipinski definition) is 5. The van der Waals surface area contributed by atoms with Crippen LogP contribution in [0.15, 0.2) is 33.6 Å².